The number of rotatable bonds is 3. The van der Waals surface area contributed by atoms with Crippen LogP contribution >= 0.6 is 0 Å². The van der Waals surface area contributed by atoms with E-state index in [1.165, 1.54) is 16.7 Å². The Hall–Kier alpha value is -2.58. The first-order chi connectivity index (χ1) is 10.8. The van der Waals surface area contributed by atoms with E-state index >= 15 is 0 Å². The highest BCUT2D eigenvalue weighted by atomic mass is 16.5. The van der Waals surface area contributed by atoms with Gasteiger partial charge in [-0.15, -0.1) is 0 Å². The maximum atomic E-state index is 6.38. The van der Waals surface area contributed by atoms with Gasteiger partial charge in [0, 0.05) is 0 Å². The molecule has 0 fully saturated rings. The van der Waals surface area contributed by atoms with E-state index in [1.54, 1.807) is 0 Å². The highest BCUT2D eigenvalue weighted by molar-refractivity contribution is 5.79. The van der Waals surface area contributed by atoms with Crippen LogP contribution in [0.25, 0.3) is 11.1 Å². The van der Waals surface area contributed by atoms with Gasteiger partial charge in [-0.1, -0.05) is 60.7 Å². The molecule has 1 aliphatic carbocycles. The Labute approximate surface area is 130 Å². The van der Waals surface area contributed by atoms with Gasteiger partial charge < -0.3 is 10.5 Å². The van der Waals surface area contributed by atoms with Crippen molar-refractivity contribution >= 4 is 0 Å². The summed E-state index contributed by atoms with van der Waals surface area (Å²) in [4.78, 5) is 0. The fraction of sp³-hybridized carbons (Fsp3) is 0.100. The largest absolute Gasteiger partial charge is 0.489 e. The summed E-state index contributed by atoms with van der Waals surface area (Å²) in [6.45, 7) is 0.571. The highest BCUT2D eigenvalue weighted by Gasteiger charge is 2.25. The normalized spacial score (nSPS) is 15.2. The van der Waals surface area contributed by atoms with Crippen LogP contribution in [0.3, 0.4) is 0 Å². The second-order valence-electron chi connectivity index (χ2n) is 5.59. The average Bonchev–Trinajstić information content (AvgIpc) is 2.87. The molecule has 0 saturated carbocycles. The van der Waals surface area contributed by atoms with Gasteiger partial charge in [-0.25, -0.2) is 0 Å². The minimum atomic E-state index is -0.0634. The zero-order valence-electron chi connectivity index (χ0n) is 12.2. The van der Waals surface area contributed by atoms with Crippen molar-refractivity contribution in [1.29, 1.82) is 0 Å². The first-order valence-corrected chi connectivity index (χ1v) is 7.48. The zero-order chi connectivity index (χ0) is 14.9. The minimum absolute atomic E-state index is 0.0634. The van der Waals surface area contributed by atoms with Crippen molar-refractivity contribution in [3.8, 4) is 16.9 Å². The molecule has 1 aliphatic rings. The zero-order valence-corrected chi connectivity index (χ0v) is 12.2. The highest BCUT2D eigenvalue weighted by Crippen LogP contribution is 2.43. The van der Waals surface area contributed by atoms with Gasteiger partial charge in [0.25, 0.3) is 0 Å². The van der Waals surface area contributed by atoms with E-state index < -0.39 is 0 Å². The van der Waals surface area contributed by atoms with Crippen molar-refractivity contribution < 1.29 is 4.74 Å². The number of fused-ring (bicyclic) bond motifs is 3. The second-order valence-corrected chi connectivity index (χ2v) is 5.59. The lowest BCUT2D eigenvalue weighted by molar-refractivity contribution is 0.306. The van der Waals surface area contributed by atoms with Crippen molar-refractivity contribution in [3.05, 3.63) is 89.5 Å². The average molecular weight is 287 g/mol. The molecular weight excluding hydrogens is 270 g/mol. The molecule has 2 heteroatoms. The fourth-order valence-electron chi connectivity index (χ4n) is 3.06. The van der Waals surface area contributed by atoms with Crippen molar-refractivity contribution in [3.63, 3.8) is 0 Å². The Morgan fingerprint density at radius 3 is 2.36 bits per heavy atom. The first-order valence-electron chi connectivity index (χ1n) is 7.48. The molecule has 0 aromatic heterocycles. The Bertz CT molecular complexity index is 811. The van der Waals surface area contributed by atoms with Crippen LogP contribution < -0.4 is 10.5 Å². The second kappa shape index (κ2) is 5.32. The Morgan fingerprint density at radius 1 is 0.773 bits per heavy atom. The van der Waals surface area contributed by atoms with Gasteiger partial charge in [-0.05, 0) is 39.9 Å². The molecule has 0 saturated heterocycles. The lowest BCUT2D eigenvalue weighted by atomic mass is 10.1. The van der Waals surface area contributed by atoms with Crippen molar-refractivity contribution in [2.45, 2.75) is 12.6 Å². The van der Waals surface area contributed by atoms with E-state index in [0.717, 1.165) is 16.9 Å². The van der Waals surface area contributed by atoms with E-state index in [4.69, 9.17) is 10.5 Å². The smallest absolute Gasteiger partial charge is 0.120 e. The van der Waals surface area contributed by atoms with E-state index in [9.17, 15) is 0 Å². The monoisotopic (exact) mass is 287 g/mol. The summed E-state index contributed by atoms with van der Waals surface area (Å²) < 4.78 is 5.91. The summed E-state index contributed by atoms with van der Waals surface area (Å²) >= 11 is 0. The molecule has 108 valence electrons. The standard InChI is InChI=1S/C20H17NO/c21-20-18-9-5-4-8-16(18)17-11-10-15(12-19(17)20)22-13-14-6-2-1-3-7-14/h1-12,20H,13,21H2. The van der Waals surface area contributed by atoms with Crippen LogP contribution in [-0.2, 0) is 6.61 Å². The number of nitrogens with two attached hydrogens (primary N) is 1. The quantitative estimate of drug-likeness (QED) is 0.779. The van der Waals surface area contributed by atoms with E-state index in [2.05, 4.69) is 42.5 Å². The van der Waals surface area contributed by atoms with Crippen LogP contribution in [0.4, 0.5) is 0 Å². The lowest BCUT2D eigenvalue weighted by Gasteiger charge is -2.10. The lowest BCUT2D eigenvalue weighted by Crippen LogP contribution is -2.08. The maximum absolute atomic E-state index is 6.38. The van der Waals surface area contributed by atoms with Crippen LogP contribution in [0.15, 0.2) is 72.8 Å². The van der Waals surface area contributed by atoms with Crippen LogP contribution in [0, 0.1) is 0 Å². The summed E-state index contributed by atoms with van der Waals surface area (Å²) in [6, 6.07) is 24.7. The topological polar surface area (TPSA) is 35.2 Å². The maximum Gasteiger partial charge on any atom is 0.120 e. The van der Waals surface area contributed by atoms with E-state index in [-0.39, 0.29) is 6.04 Å². The van der Waals surface area contributed by atoms with Gasteiger partial charge in [0.1, 0.15) is 12.4 Å². The molecule has 0 radical (unpaired) electrons. The van der Waals surface area contributed by atoms with Gasteiger partial charge in [-0.3, -0.25) is 0 Å². The molecule has 2 nitrogen and oxygen atoms in total. The third kappa shape index (κ3) is 2.18. The number of hydrogen-bond donors (Lipinski definition) is 1. The molecular formula is C20H17NO. The van der Waals surface area contributed by atoms with Crippen molar-refractivity contribution in [2.24, 2.45) is 5.73 Å². The first kappa shape index (κ1) is 13.1. The third-order valence-corrected chi connectivity index (χ3v) is 4.19. The summed E-state index contributed by atoms with van der Waals surface area (Å²) in [7, 11) is 0. The summed E-state index contributed by atoms with van der Waals surface area (Å²) in [5.41, 5.74) is 12.3. The molecule has 22 heavy (non-hydrogen) atoms. The third-order valence-electron chi connectivity index (χ3n) is 4.19. The van der Waals surface area contributed by atoms with Gasteiger partial charge in [-0.2, -0.15) is 0 Å². The van der Waals surface area contributed by atoms with Crippen LogP contribution in [0.2, 0.25) is 0 Å². The minimum Gasteiger partial charge on any atom is -0.489 e. The van der Waals surface area contributed by atoms with Crippen molar-refractivity contribution in [1.82, 2.24) is 0 Å². The molecule has 0 heterocycles. The molecule has 0 amide bonds. The molecule has 3 aromatic rings. The predicted molar refractivity (Wildman–Crippen MR) is 88.7 cm³/mol. The predicted octanol–water partition coefficient (Wildman–Crippen LogP) is 4.29. The summed E-state index contributed by atoms with van der Waals surface area (Å²) in [6.07, 6.45) is 0. The van der Waals surface area contributed by atoms with Gasteiger partial charge in [0.15, 0.2) is 0 Å². The van der Waals surface area contributed by atoms with Crippen molar-refractivity contribution in [2.75, 3.05) is 0 Å². The van der Waals surface area contributed by atoms with E-state index in [0.29, 0.717) is 6.61 Å². The summed E-state index contributed by atoms with van der Waals surface area (Å²) in [5, 5.41) is 0. The van der Waals surface area contributed by atoms with Crippen LogP contribution in [-0.4, -0.2) is 0 Å². The molecule has 4 rings (SSSR count). The molecule has 0 spiro atoms. The molecule has 0 bridgehead atoms. The Morgan fingerprint density at radius 2 is 1.50 bits per heavy atom. The number of hydrogen-bond acceptors (Lipinski definition) is 2. The number of benzene rings is 3. The molecule has 2 N–H and O–H groups in total. The van der Waals surface area contributed by atoms with Gasteiger partial charge >= 0.3 is 0 Å². The Kier molecular flexibility index (Phi) is 3.17. The van der Waals surface area contributed by atoms with Gasteiger partial charge in [0.2, 0.25) is 0 Å². The van der Waals surface area contributed by atoms with Gasteiger partial charge in [0.05, 0.1) is 6.04 Å². The summed E-state index contributed by atoms with van der Waals surface area (Å²) in [5.74, 6) is 0.867. The molecule has 0 aliphatic heterocycles. The van der Waals surface area contributed by atoms with E-state index in [1.807, 2.05) is 30.3 Å². The Balaban J connectivity index is 1.61. The van der Waals surface area contributed by atoms with Crippen LogP contribution in [0.1, 0.15) is 22.7 Å². The fourth-order valence-corrected chi connectivity index (χ4v) is 3.06. The van der Waals surface area contributed by atoms with Crippen LogP contribution in [0.5, 0.6) is 5.75 Å². The SMILES string of the molecule is NC1c2ccccc2-c2ccc(OCc3ccccc3)cc21. The number of ether oxygens (including phenoxy) is 1. The molecule has 1 atom stereocenters. The molecule has 3 aromatic carbocycles. The molecule has 1 unspecified atom stereocenters.